The van der Waals surface area contributed by atoms with E-state index in [1.54, 1.807) is 0 Å². The normalized spacial score (nSPS) is 23.8. The third-order valence-corrected chi connectivity index (χ3v) is 4.54. The third-order valence-electron chi connectivity index (χ3n) is 4.54. The van der Waals surface area contributed by atoms with Gasteiger partial charge in [-0.2, -0.15) is 0 Å². The predicted octanol–water partition coefficient (Wildman–Crippen LogP) is 1.39. The van der Waals surface area contributed by atoms with Gasteiger partial charge < -0.3 is 14.9 Å². The minimum atomic E-state index is -1.08. The van der Waals surface area contributed by atoms with E-state index in [2.05, 4.69) is 0 Å². The second-order valence-electron chi connectivity index (χ2n) is 5.96. The van der Waals surface area contributed by atoms with Crippen LogP contribution in [0.1, 0.15) is 19.3 Å². The molecule has 1 aromatic carbocycles. The van der Waals surface area contributed by atoms with Crippen LogP contribution in [0.2, 0.25) is 0 Å². The van der Waals surface area contributed by atoms with Crippen molar-refractivity contribution in [1.29, 1.82) is 0 Å². The van der Waals surface area contributed by atoms with Gasteiger partial charge in [-0.3, -0.25) is 9.59 Å². The highest BCUT2D eigenvalue weighted by molar-refractivity contribution is 6.10. The molecule has 0 saturated carbocycles. The molecule has 0 bridgehead atoms. The molecule has 6 nitrogen and oxygen atoms in total. The molecule has 2 aliphatic rings. The molecule has 0 radical (unpaired) electrons. The van der Waals surface area contributed by atoms with E-state index >= 15 is 0 Å². The van der Waals surface area contributed by atoms with E-state index in [0.717, 1.165) is 12.1 Å². The summed E-state index contributed by atoms with van der Waals surface area (Å²) in [5.74, 6) is -5.15. The minimum absolute atomic E-state index is 0.186. The Hall–Kier alpha value is -2.51. The van der Waals surface area contributed by atoms with Crippen LogP contribution >= 0.6 is 0 Å². The maximum atomic E-state index is 13.3. The van der Waals surface area contributed by atoms with Crippen LogP contribution in [0.3, 0.4) is 0 Å². The quantitative estimate of drug-likeness (QED) is 0.845. The Labute approximate surface area is 136 Å². The number of nitrogens with zero attached hydrogens (tertiary/aromatic N) is 2. The number of carbonyl (C=O) groups is 3. The standard InChI is InChI=1S/C16H16F2N2O4/c17-11-4-3-9(8-12(11)18)19-7-5-10(14(19)21)15(22)20-6-1-2-13(20)16(23)24/h3-4,8,10,13H,1-2,5-7H2,(H,23,24)/t10-,13+/m0/s1. The first kappa shape index (κ1) is 16.4. The van der Waals surface area contributed by atoms with Gasteiger partial charge in [-0.05, 0) is 31.4 Å². The summed E-state index contributed by atoms with van der Waals surface area (Å²) in [6, 6.07) is 2.21. The van der Waals surface area contributed by atoms with Gasteiger partial charge in [-0.1, -0.05) is 0 Å². The topological polar surface area (TPSA) is 77.9 Å². The van der Waals surface area contributed by atoms with Crippen LogP contribution in [0, 0.1) is 17.6 Å². The lowest BCUT2D eigenvalue weighted by atomic mass is 10.1. The fourth-order valence-corrected chi connectivity index (χ4v) is 3.31. The van der Waals surface area contributed by atoms with Gasteiger partial charge in [0.05, 0.1) is 0 Å². The Kier molecular flexibility index (Phi) is 4.21. The van der Waals surface area contributed by atoms with Crippen molar-refractivity contribution in [2.45, 2.75) is 25.3 Å². The van der Waals surface area contributed by atoms with Crippen molar-refractivity contribution in [2.75, 3.05) is 18.0 Å². The van der Waals surface area contributed by atoms with Crippen LogP contribution in [0.15, 0.2) is 18.2 Å². The molecule has 1 aromatic rings. The molecule has 2 saturated heterocycles. The molecule has 128 valence electrons. The van der Waals surface area contributed by atoms with Crippen molar-refractivity contribution in [2.24, 2.45) is 5.92 Å². The Bertz CT molecular complexity index is 709. The fourth-order valence-electron chi connectivity index (χ4n) is 3.31. The van der Waals surface area contributed by atoms with Gasteiger partial charge in [0.1, 0.15) is 12.0 Å². The summed E-state index contributed by atoms with van der Waals surface area (Å²) in [6.07, 6.45) is 1.17. The van der Waals surface area contributed by atoms with E-state index in [0.29, 0.717) is 19.4 Å². The third kappa shape index (κ3) is 2.72. The zero-order valence-corrected chi connectivity index (χ0v) is 12.7. The second kappa shape index (κ2) is 6.18. The molecule has 2 atom stereocenters. The lowest BCUT2D eigenvalue weighted by Crippen LogP contribution is -2.45. The van der Waals surface area contributed by atoms with Crippen LogP contribution in [-0.2, 0) is 14.4 Å². The predicted molar refractivity (Wildman–Crippen MR) is 79.2 cm³/mol. The monoisotopic (exact) mass is 338 g/mol. The van der Waals surface area contributed by atoms with E-state index in [1.807, 2.05) is 0 Å². The first-order valence-electron chi connectivity index (χ1n) is 7.70. The number of anilines is 1. The molecular formula is C16H16F2N2O4. The molecule has 2 aliphatic heterocycles. The van der Waals surface area contributed by atoms with Crippen molar-refractivity contribution >= 4 is 23.5 Å². The van der Waals surface area contributed by atoms with Crippen molar-refractivity contribution in [3.63, 3.8) is 0 Å². The highest BCUT2D eigenvalue weighted by atomic mass is 19.2. The lowest BCUT2D eigenvalue weighted by molar-refractivity contribution is -0.151. The molecule has 1 N–H and O–H groups in total. The van der Waals surface area contributed by atoms with E-state index in [1.165, 1.54) is 15.9 Å². The van der Waals surface area contributed by atoms with Crippen LogP contribution in [0.5, 0.6) is 0 Å². The van der Waals surface area contributed by atoms with Gasteiger partial charge in [-0.25, -0.2) is 13.6 Å². The highest BCUT2D eigenvalue weighted by Crippen LogP contribution is 2.29. The number of hydrogen-bond acceptors (Lipinski definition) is 3. The zero-order chi connectivity index (χ0) is 17.4. The number of amides is 2. The Morgan fingerprint density at radius 1 is 1.12 bits per heavy atom. The summed E-state index contributed by atoms with van der Waals surface area (Å²) in [6.45, 7) is 0.511. The summed E-state index contributed by atoms with van der Waals surface area (Å²) in [5, 5.41) is 9.16. The highest BCUT2D eigenvalue weighted by Gasteiger charge is 2.44. The van der Waals surface area contributed by atoms with Crippen molar-refractivity contribution in [1.82, 2.24) is 4.90 Å². The molecule has 8 heteroatoms. The maximum absolute atomic E-state index is 13.3. The van der Waals surface area contributed by atoms with Gasteiger partial charge in [-0.15, -0.1) is 0 Å². The molecule has 2 heterocycles. The molecule has 0 unspecified atom stereocenters. The Morgan fingerprint density at radius 3 is 2.54 bits per heavy atom. The summed E-state index contributed by atoms with van der Waals surface area (Å²) in [7, 11) is 0. The van der Waals surface area contributed by atoms with E-state index in [4.69, 9.17) is 5.11 Å². The molecule has 0 aromatic heterocycles. The largest absolute Gasteiger partial charge is 0.480 e. The lowest BCUT2D eigenvalue weighted by Gasteiger charge is -2.24. The van der Waals surface area contributed by atoms with Gasteiger partial charge in [0.2, 0.25) is 11.8 Å². The van der Waals surface area contributed by atoms with Crippen LogP contribution in [0.4, 0.5) is 14.5 Å². The number of rotatable bonds is 3. The van der Waals surface area contributed by atoms with Crippen molar-refractivity contribution < 1.29 is 28.3 Å². The molecule has 2 fully saturated rings. The molecule has 2 amide bonds. The Balaban J connectivity index is 1.77. The first-order valence-corrected chi connectivity index (χ1v) is 7.70. The number of benzene rings is 1. The number of halogens is 2. The first-order chi connectivity index (χ1) is 11.4. The average molecular weight is 338 g/mol. The maximum Gasteiger partial charge on any atom is 0.326 e. The summed E-state index contributed by atoms with van der Waals surface area (Å²) in [5.41, 5.74) is 0.186. The van der Waals surface area contributed by atoms with Crippen LogP contribution in [0.25, 0.3) is 0 Å². The van der Waals surface area contributed by atoms with E-state index in [-0.39, 0.29) is 18.7 Å². The van der Waals surface area contributed by atoms with Crippen molar-refractivity contribution in [3.8, 4) is 0 Å². The number of carboxylic acid groups (broad SMARTS) is 1. The smallest absolute Gasteiger partial charge is 0.326 e. The van der Waals surface area contributed by atoms with Gasteiger partial charge in [0, 0.05) is 24.8 Å². The molecule has 0 spiro atoms. The summed E-state index contributed by atoms with van der Waals surface area (Å²) < 4.78 is 26.4. The Morgan fingerprint density at radius 2 is 1.88 bits per heavy atom. The number of likely N-dealkylation sites (tertiary alicyclic amines) is 1. The zero-order valence-electron chi connectivity index (χ0n) is 12.7. The van der Waals surface area contributed by atoms with Gasteiger partial charge in [0.15, 0.2) is 11.6 Å². The number of aliphatic carboxylic acids is 1. The van der Waals surface area contributed by atoms with Gasteiger partial charge >= 0.3 is 5.97 Å². The van der Waals surface area contributed by atoms with E-state index in [9.17, 15) is 23.2 Å². The molecule has 3 rings (SSSR count). The average Bonchev–Trinajstić information content (AvgIpc) is 3.16. The van der Waals surface area contributed by atoms with Crippen molar-refractivity contribution in [3.05, 3.63) is 29.8 Å². The number of hydrogen-bond donors (Lipinski definition) is 1. The fraction of sp³-hybridized carbons (Fsp3) is 0.438. The van der Waals surface area contributed by atoms with Crippen LogP contribution < -0.4 is 4.90 Å². The number of carbonyl (C=O) groups excluding carboxylic acids is 2. The minimum Gasteiger partial charge on any atom is -0.480 e. The SMILES string of the molecule is O=C(O)[C@H]1CCCN1C(=O)[C@H]1CCN(c2ccc(F)c(F)c2)C1=O. The summed E-state index contributed by atoms with van der Waals surface area (Å²) in [4.78, 5) is 38.7. The molecule has 24 heavy (non-hydrogen) atoms. The molecular weight excluding hydrogens is 322 g/mol. The second-order valence-corrected chi connectivity index (χ2v) is 5.96. The summed E-state index contributed by atoms with van der Waals surface area (Å²) >= 11 is 0. The molecule has 0 aliphatic carbocycles. The van der Waals surface area contributed by atoms with E-state index < -0.39 is 41.4 Å². The van der Waals surface area contributed by atoms with Crippen LogP contribution in [-0.4, -0.2) is 46.9 Å². The van der Waals surface area contributed by atoms with Gasteiger partial charge in [0.25, 0.3) is 0 Å². The number of carboxylic acids is 1.